The zero-order valence-corrected chi connectivity index (χ0v) is 13.0. The number of nitro groups is 3. The van der Waals surface area contributed by atoms with E-state index in [9.17, 15) is 30.3 Å². The Morgan fingerprint density at radius 3 is 1.69 bits per heavy atom. The number of rotatable bonds is 3. The molecular formula is C15H11N5O6. The van der Waals surface area contributed by atoms with Crippen molar-refractivity contribution >= 4 is 33.7 Å². The van der Waals surface area contributed by atoms with Crippen molar-refractivity contribution in [3.05, 3.63) is 85.1 Å². The quantitative estimate of drug-likeness (QED) is 0.423. The number of benzene rings is 2. The number of hydrogen-bond acceptors (Lipinski definition) is 8. The van der Waals surface area contributed by atoms with Crippen LogP contribution < -0.4 is 5.73 Å². The molecule has 0 spiro atoms. The first-order valence-electron chi connectivity index (χ1n) is 6.97. The van der Waals surface area contributed by atoms with Crippen LogP contribution in [0.5, 0.6) is 0 Å². The molecule has 0 radical (unpaired) electrons. The van der Waals surface area contributed by atoms with Crippen LogP contribution in [0.25, 0.3) is 10.9 Å². The highest BCUT2D eigenvalue weighted by Gasteiger charge is 2.21. The number of nitrogens with two attached hydrogens (primary N) is 1. The molecule has 0 amide bonds. The molecule has 0 aliphatic carbocycles. The van der Waals surface area contributed by atoms with E-state index in [-0.39, 0.29) is 0 Å². The zero-order chi connectivity index (χ0) is 19.3. The maximum absolute atomic E-state index is 10.3. The number of nitrogens with zero attached hydrogens (tertiary/aromatic N) is 4. The SMILES string of the molecule is Nc1cccc2ncccc12.O=[N+]([O-])c1cc([N+](=O)[O-])cc([N+](=O)[O-])c1. The number of nitro benzene ring substituents is 3. The predicted octanol–water partition coefficient (Wildman–Crippen LogP) is 3.23. The first kappa shape index (κ1) is 18.2. The molecule has 1 aromatic heterocycles. The molecule has 0 saturated heterocycles. The number of non-ortho nitro benzene ring substituents is 3. The van der Waals surface area contributed by atoms with Gasteiger partial charge >= 0.3 is 0 Å². The summed E-state index contributed by atoms with van der Waals surface area (Å²) in [7, 11) is 0. The lowest BCUT2D eigenvalue weighted by Gasteiger charge is -1.97. The molecule has 11 heteroatoms. The number of anilines is 1. The van der Waals surface area contributed by atoms with E-state index in [1.54, 1.807) is 6.20 Å². The third-order valence-electron chi connectivity index (χ3n) is 3.20. The lowest BCUT2D eigenvalue weighted by Crippen LogP contribution is -1.96. The molecule has 0 aliphatic rings. The minimum atomic E-state index is -0.931. The van der Waals surface area contributed by atoms with Crippen LogP contribution in [0, 0.1) is 30.3 Å². The second-order valence-electron chi connectivity index (χ2n) is 4.90. The van der Waals surface area contributed by atoms with E-state index in [0.717, 1.165) is 16.6 Å². The Labute approximate surface area is 145 Å². The van der Waals surface area contributed by atoms with Crippen molar-refractivity contribution in [2.45, 2.75) is 0 Å². The van der Waals surface area contributed by atoms with Crippen LogP contribution in [-0.4, -0.2) is 19.8 Å². The highest BCUT2D eigenvalue weighted by molar-refractivity contribution is 5.89. The standard InChI is InChI=1S/C9H8N2.C6H3N3O6/c10-8-4-1-5-9-7(8)3-2-6-11-9;10-7(11)4-1-5(8(12)13)3-6(2-4)9(14)15/h1-6H,10H2;1-3H. The maximum atomic E-state index is 10.3. The molecule has 3 aromatic rings. The summed E-state index contributed by atoms with van der Waals surface area (Å²) in [4.78, 5) is 32.3. The minimum absolute atomic E-state index is 0.660. The van der Waals surface area contributed by atoms with Crippen molar-refractivity contribution in [3.63, 3.8) is 0 Å². The normalized spacial score (nSPS) is 9.85. The van der Waals surface area contributed by atoms with Crippen LogP contribution in [0.15, 0.2) is 54.7 Å². The highest BCUT2D eigenvalue weighted by Crippen LogP contribution is 2.26. The molecule has 0 unspecified atom stereocenters. The molecule has 1 heterocycles. The van der Waals surface area contributed by atoms with E-state index in [2.05, 4.69) is 4.98 Å². The summed E-state index contributed by atoms with van der Waals surface area (Å²) in [6.45, 7) is 0. The third-order valence-corrected chi connectivity index (χ3v) is 3.20. The Balaban J connectivity index is 0.000000195. The summed E-state index contributed by atoms with van der Waals surface area (Å²) >= 11 is 0. The monoisotopic (exact) mass is 357 g/mol. The second kappa shape index (κ2) is 7.61. The fourth-order valence-electron chi connectivity index (χ4n) is 2.02. The number of nitrogen functional groups attached to an aromatic ring is 1. The van der Waals surface area contributed by atoms with E-state index in [1.807, 2.05) is 30.3 Å². The van der Waals surface area contributed by atoms with Gasteiger partial charge in [0, 0.05) is 17.3 Å². The molecule has 11 nitrogen and oxygen atoms in total. The minimum Gasteiger partial charge on any atom is -0.398 e. The summed E-state index contributed by atoms with van der Waals surface area (Å²) in [5.74, 6) is 0. The Hall–Kier alpha value is -4.15. The topological polar surface area (TPSA) is 168 Å². The van der Waals surface area contributed by atoms with Gasteiger partial charge in [-0.05, 0) is 24.3 Å². The first-order valence-corrected chi connectivity index (χ1v) is 6.97. The average Bonchev–Trinajstić information content (AvgIpc) is 2.62. The Morgan fingerprint density at radius 2 is 1.27 bits per heavy atom. The molecule has 0 aliphatic heterocycles. The van der Waals surface area contributed by atoms with Crippen molar-refractivity contribution < 1.29 is 14.8 Å². The Bertz CT molecular complexity index is 922. The van der Waals surface area contributed by atoms with Gasteiger partial charge in [0.15, 0.2) is 0 Å². The average molecular weight is 357 g/mol. The van der Waals surface area contributed by atoms with E-state index < -0.39 is 31.8 Å². The van der Waals surface area contributed by atoms with Gasteiger partial charge in [-0.1, -0.05) is 6.07 Å². The largest absolute Gasteiger partial charge is 0.398 e. The molecule has 26 heavy (non-hydrogen) atoms. The van der Waals surface area contributed by atoms with Crippen molar-refractivity contribution in [2.75, 3.05) is 5.73 Å². The highest BCUT2D eigenvalue weighted by atomic mass is 16.6. The molecule has 0 saturated carbocycles. The van der Waals surface area contributed by atoms with Gasteiger partial charge in [-0.25, -0.2) is 0 Å². The number of hydrogen-bond donors (Lipinski definition) is 1. The first-order chi connectivity index (χ1) is 12.3. The van der Waals surface area contributed by atoms with Crippen LogP contribution in [-0.2, 0) is 0 Å². The van der Waals surface area contributed by atoms with Gasteiger partial charge in [-0.2, -0.15) is 0 Å². The van der Waals surface area contributed by atoms with Crippen LogP contribution >= 0.6 is 0 Å². The Kier molecular flexibility index (Phi) is 5.33. The fourth-order valence-corrected chi connectivity index (χ4v) is 2.02. The summed E-state index contributed by atoms with van der Waals surface area (Å²) in [6.07, 6.45) is 1.77. The molecule has 2 aromatic carbocycles. The van der Waals surface area contributed by atoms with E-state index in [4.69, 9.17) is 5.73 Å². The van der Waals surface area contributed by atoms with Gasteiger partial charge in [-0.15, -0.1) is 0 Å². The molecule has 132 valence electrons. The van der Waals surface area contributed by atoms with Gasteiger partial charge in [0.25, 0.3) is 17.1 Å². The molecule has 0 bridgehead atoms. The molecular weight excluding hydrogens is 346 g/mol. The van der Waals surface area contributed by atoms with Crippen molar-refractivity contribution in [1.82, 2.24) is 4.98 Å². The van der Waals surface area contributed by atoms with Crippen LogP contribution in [0.4, 0.5) is 22.7 Å². The number of aromatic nitrogens is 1. The van der Waals surface area contributed by atoms with E-state index in [1.165, 1.54) is 0 Å². The van der Waals surface area contributed by atoms with Gasteiger partial charge in [0.05, 0.1) is 38.5 Å². The number of pyridine rings is 1. The molecule has 3 rings (SSSR count). The maximum Gasteiger partial charge on any atom is 0.283 e. The van der Waals surface area contributed by atoms with E-state index >= 15 is 0 Å². The predicted molar refractivity (Wildman–Crippen MR) is 92.6 cm³/mol. The van der Waals surface area contributed by atoms with Gasteiger partial charge < -0.3 is 5.73 Å². The third kappa shape index (κ3) is 4.23. The van der Waals surface area contributed by atoms with E-state index in [0.29, 0.717) is 18.2 Å². The zero-order valence-electron chi connectivity index (χ0n) is 13.0. The smallest absolute Gasteiger partial charge is 0.283 e. The van der Waals surface area contributed by atoms with Crippen molar-refractivity contribution in [1.29, 1.82) is 0 Å². The molecule has 0 fully saturated rings. The summed E-state index contributed by atoms with van der Waals surface area (Å²) in [5, 5.41) is 32.0. The second-order valence-corrected chi connectivity index (χ2v) is 4.90. The van der Waals surface area contributed by atoms with Crippen LogP contribution in [0.3, 0.4) is 0 Å². The van der Waals surface area contributed by atoms with Crippen molar-refractivity contribution in [3.8, 4) is 0 Å². The lowest BCUT2D eigenvalue weighted by atomic mass is 10.2. The van der Waals surface area contributed by atoms with Gasteiger partial charge in [-0.3, -0.25) is 35.3 Å². The summed E-state index contributed by atoms with van der Waals surface area (Å²) in [6, 6.07) is 11.6. The van der Waals surface area contributed by atoms with Gasteiger partial charge in [0.1, 0.15) is 0 Å². The van der Waals surface area contributed by atoms with Crippen molar-refractivity contribution in [2.24, 2.45) is 0 Å². The van der Waals surface area contributed by atoms with Crippen LogP contribution in [0.2, 0.25) is 0 Å². The summed E-state index contributed by atoms with van der Waals surface area (Å²) in [5.41, 5.74) is 5.40. The number of fused-ring (bicyclic) bond motifs is 1. The molecule has 2 N–H and O–H groups in total. The fraction of sp³-hybridized carbons (Fsp3) is 0. The Morgan fingerprint density at radius 1 is 0.769 bits per heavy atom. The van der Waals surface area contributed by atoms with Gasteiger partial charge in [0.2, 0.25) is 0 Å². The van der Waals surface area contributed by atoms with Crippen LogP contribution in [0.1, 0.15) is 0 Å². The molecule has 0 atom stereocenters. The lowest BCUT2D eigenvalue weighted by molar-refractivity contribution is -0.403. The summed E-state index contributed by atoms with van der Waals surface area (Å²) < 4.78 is 0.